The third-order valence-electron chi connectivity index (χ3n) is 3.24. The van der Waals surface area contributed by atoms with E-state index in [-0.39, 0.29) is 0 Å². The van der Waals surface area contributed by atoms with Crippen LogP contribution in [0.2, 0.25) is 5.02 Å². The molecule has 1 heterocycles. The predicted molar refractivity (Wildman–Crippen MR) is 95.6 cm³/mol. The molecule has 0 aliphatic carbocycles. The van der Waals surface area contributed by atoms with Gasteiger partial charge in [-0.2, -0.15) is 10.1 Å². The molecular weight excluding hydrogens is 342 g/mol. The minimum Gasteiger partial charge on any atom is -0.465 e. The molecule has 2 N–H and O–H groups in total. The SMILES string of the molecule is COC(=O)c1ccc(Nc2nncc(Nc3ccc(Cl)cc3)n2)cc1. The third kappa shape index (κ3) is 4.42. The fourth-order valence-electron chi connectivity index (χ4n) is 2.03. The van der Waals surface area contributed by atoms with Crippen molar-refractivity contribution < 1.29 is 9.53 Å². The summed E-state index contributed by atoms with van der Waals surface area (Å²) in [5.41, 5.74) is 2.02. The number of hydrogen-bond acceptors (Lipinski definition) is 7. The zero-order chi connectivity index (χ0) is 17.6. The molecule has 0 spiro atoms. The summed E-state index contributed by atoms with van der Waals surface area (Å²) >= 11 is 5.87. The zero-order valence-corrected chi connectivity index (χ0v) is 14.0. The van der Waals surface area contributed by atoms with Crippen LogP contribution in [0.15, 0.2) is 54.7 Å². The molecule has 3 rings (SSSR count). The molecule has 3 aromatic rings. The highest BCUT2D eigenvalue weighted by molar-refractivity contribution is 6.30. The standard InChI is InChI=1S/C17H14ClN5O2/c1-25-16(24)11-2-6-14(7-3-11)21-17-22-15(10-19-23-17)20-13-8-4-12(18)5-9-13/h2-10H,1H3,(H2,20,21,22,23). The number of hydrogen-bond donors (Lipinski definition) is 2. The van der Waals surface area contributed by atoms with Crippen molar-refractivity contribution in [1.29, 1.82) is 0 Å². The minimum atomic E-state index is -0.390. The molecule has 0 bridgehead atoms. The average Bonchev–Trinajstić information content (AvgIpc) is 2.64. The van der Waals surface area contributed by atoms with E-state index in [2.05, 4.69) is 30.6 Å². The van der Waals surface area contributed by atoms with Gasteiger partial charge < -0.3 is 15.4 Å². The van der Waals surface area contributed by atoms with Crippen molar-refractivity contribution in [3.63, 3.8) is 0 Å². The number of nitrogens with zero attached hydrogens (tertiary/aromatic N) is 3. The topological polar surface area (TPSA) is 89.0 Å². The van der Waals surface area contributed by atoms with Gasteiger partial charge in [-0.3, -0.25) is 0 Å². The van der Waals surface area contributed by atoms with Gasteiger partial charge in [-0.15, -0.1) is 5.10 Å². The Hall–Kier alpha value is -3.19. The lowest BCUT2D eigenvalue weighted by Crippen LogP contribution is -2.03. The molecular formula is C17H14ClN5O2. The minimum absolute atomic E-state index is 0.324. The number of carbonyl (C=O) groups excluding carboxylic acids is 1. The fourth-order valence-corrected chi connectivity index (χ4v) is 2.16. The second-order valence-electron chi connectivity index (χ2n) is 4.99. The van der Waals surface area contributed by atoms with Crippen molar-refractivity contribution in [2.45, 2.75) is 0 Å². The average molecular weight is 356 g/mol. The summed E-state index contributed by atoms with van der Waals surface area (Å²) in [5, 5.41) is 14.7. The van der Waals surface area contributed by atoms with E-state index in [0.29, 0.717) is 22.4 Å². The third-order valence-corrected chi connectivity index (χ3v) is 3.49. The molecule has 0 fully saturated rings. The summed E-state index contributed by atoms with van der Waals surface area (Å²) < 4.78 is 4.66. The molecule has 8 heteroatoms. The van der Waals surface area contributed by atoms with E-state index >= 15 is 0 Å². The van der Waals surface area contributed by atoms with Crippen molar-refractivity contribution in [1.82, 2.24) is 15.2 Å². The van der Waals surface area contributed by atoms with Crippen LogP contribution in [-0.2, 0) is 4.74 Å². The maximum Gasteiger partial charge on any atom is 0.337 e. The van der Waals surface area contributed by atoms with Gasteiger partial charge >= 0.3 is 5.97 Å². The quantitative estimate of drug-likeness (QED) is 0.673. The first-order valence-corrected chi connectivity index (χ1v) is 7.69. The summed E-state index contributed by atoms with van der Waals surface area (Å²) in [5.74, 6) is 0.467. The molecule has 25 heavy (non-hydrogen) atoms. The van der Waals surface area contributed by atoms with E-state index in [9.17, 15) is 4.79 Å². The van der Waals surface area contributed by atoms with E-state index in [1.165, 1.54) is 13.3 Å². The number of rotatable bonds is 5. The lowest BCUT2D eigenvalue weighted by atomic mass is 10.2. The first-order chi connectivity index (χ1) is 12.1. The van der Waals surface area contributed by atoms with Crippen LogP contribution in [0.4, 0.5) is 23.1 Å². The van der Waals surface area contributed by atoms with Crippen LogP contribution in [0.3, 0.4) is 0 Å². The summed E-state index contributed by atoms with van der Waals surface area (Å²) in [6.45, 7) is 0. The molecule has 126 valence electrons. The molecule has 0 aliphatic rings. The van der Waals surface area contributed by atoms with Crippen LogP contribution < -0.4 is 10.6 Å². The van der Waals surface area contributed by atoms with Gasteiger partial charge in [0.25, 0.3) is 0 Å². The Balaban J connectivity index is 1.71. The second kappa shape index (κ2) is 7.59. The Kier molecular flexibility index (Phi) is 5.06. The Morgan fingerprint density at radius 1 is 1.00 bits per heavy atom. The molecule has 0 saturated heterocycles. The number of carbonyl (C=O) groups is 1. The molecule has 0 amide bonds. The van der Waals surface area contributed by atoms with E-state index in [4.69, 9.17) is 11.6 Å². The van der Waals surface area contributed by atoms with E-state index in [1.807, 2.05) is 12.1 Å². The van der Waals surface area contributed by atoms with Crippen molar-refractivity contribution >= 4 is 40.7 Å². The number of benzene rings is 2. The van der Waals surface area contributed by atoms with E-state index < -0.39 is 5.97 Å². The lowest BCUT2D eigenvalue weighted by Gasteiger charge is -2.08. The van der Waals surface area contributed by atoms with Crippen molar-refractivity contribution in [2.75, 3.05) is 17.7 Å². The van der Waals surface area contributed by atoms with Gasteiger partial charge in [0.15, 0.2) is 5.82 Å². The normalized spacial score (nSPS) is 10.2. The van der Waals surface area contributed by atoms with Gasteiger partial charge in [0.2, 0.25) is 5.95 Å². The predicted octanol–water partition coefficient (Wildman–Crippen LogP) is 3.80. The molecule has 2 aromatic carbocycles. The molecule has 0 radical (unpaired) electrons. The van der Waals surface area contributed by atoms with Gasteiger partial charge in [-0.1, -0.05) is 11.6 Å². The maximum atomic E-state index is 11.4. The van der Waals surface area contributed by atoms with Gasteiger partial charge in [-0.25, -0.2) is 4.79 Å². The number of halogens is 1. The first kappa shape index (κ1) is 16.7. The lowest BCUT2D eigenvalue weighted by molar-refractivity contribution is 0.0601. The molecule has 0 aliphatic heterocycles. The van der Waals surface area contributed by atoms with E-state index in [1.54, 1.807) is 36.4 Å². The van der Waals surface area contributed by atoms with Crippen LogP contribution in [0, 0.1) is 0 Å². The number of methoxy groups -OCH3 is 1. The number of aromatic nitrogens is 3. The highest BCUT2D eigenvalue weighted by Gasteiger charge is 2.06. The van der Waals surface area contributed by atoms with E-state index in [0.717, 1.165) is 11.4 Å². The Morgan fingerprint density at radius 3 is 2.32 bits per heavy atom. The van der Waals surface area contributed by atoms with Crippen LogP contribution in [0.5, 0.6) is 0 Å². The molecule has 0 saturated carbocycles. The summed E-state index contributed by atoms with van der Waals surface area (Å²) in [7, 11) is 1.34. The number of anilines is 4. The molecule has 1 aromatic heterocycles. The first-order valence-electron chi connectivity index (χ1n) is 7.32. The zero-order valence-electron chi connectivity index (χ0n) is 13.2. The van der Waals surface area contributed by atoms with Crippen LogP contribution in [0.25, 0.3) is 0 Å². The van der Waals surface area contributed by atoms with Crippen LogP contribution in [-0.4, -0.2) is 28.3 Å². The number of nitrogens with one attached hydrogen (secondary N) is 2. The maximum absolute atomic E-state index is 11.4. The van der Waals surface area contributed by atoms with Crippen molar-refractivity contribution in [3.8, 4) is 0 Å². The Labute approximate surface area is 149 Å². The molecule has 7 nitrogen and oxygen atoms in total. The van der Waals surface area contributed by atoms with Crippen LogP contribution in [0.1, 0.15) is 10.4 Å². The van der Waals surface area contributed by atoms with Crippen LogP contribution >= 0.6 is 11.6 Å². The monoisotopic (exact) mass is 355 g/mol. The van der Waals surface area contributed by atoms with Gasteiger partial charge in [0, 0.05) is 16.4 Å². The Morgan fingerprint density at radius 2 is 1.64 bits per heavy atom. The fraction of sp³-hybridized carbons (Fsp3) is 0.0588. The second-order valence-corrected chi connectivity index (χ2v) is 5.43. The smallest absolute Gasteiger partial charge is 0.337 e. The summed E-state index contributed by atoms with van der Waals surface area (Å²) in [6, 6.07) is 14.0. The summed E-state index contributed by atoms with van der Waals surface area (Å²) in [6.07, 6.45) is 1.51. The molecule has 0 atom stereocenters. The highest BCUT2D eigenvalue weighted by atomic mass is 35.5. The van der Waals surface area contributed by atoms with Crippen molar-refractivity contribution in [3.05, 3.63) is 65.3 Å². The van der Waals surface area contributed by atoms with Crippen molar-refractivity contribution in [2.24, 2.45) is 0 Å². The summed E-state index contributed by atoms with van der Waals surface area (Å²) in [4.78, 5) is 15.8. The Bertz CT molecular complexity index is 869. The number of ether oxygens (including phenoxy) is 1. The largest absolute Gasteiger partial charge is 0.465 e. The van der Waals surface area contributed by atoms with Gasteiger partial charge in [-0.05, 0) is 48.5 Å². The highest BCUT2D eigenvalue weighted by Crippen LogP contribution is 2.19. The van der Waals surface area contributed by atoms with Gasteiger partial charge in [0.1, 0.15) is 0 Å². The molecule has 0 unspecified atom stereocenters. The van der Waals surface area contributed by atoms with Gasteiger partial charge in [0.05, 0.1) is 18.9 Å². The number of esters is 1.